The molecule has 1 saturated heterocycles. The highest BCUT2D eigenvalue weighted by atomic mass is 16.3. The Morgan fingerprint density at radius 2 is 1.24 bits per heavy atom. The van der Waals surface area contributed by atoms with E-state index in [-0.39, 0.29) is 23.3 Å². The van der Waals surface area contributed by atoms with Gasteiger partial charge in [-0.05, 0) is 66.3 Å². The van der Waals surface area contributed by atoms with Crippen LogP contribution in [0.1, 0.15) is 52.2 Å². The monoisotopic (exact) mass is 387 g/mol. The van der Waals surface area contributed by atoms with Crippen LogP contribution in [-0.4, -0.2) is 34.1 Å². The third kappa shape index (κ3) is 4.11. The largest absolute Gasteiger partial charge is 0.508 e. The molecule has 148 valence electrons. The number of likely N-dealkylation sites (tertiary alicyclic amines) is 1. The Balaban J connectivity index is 1.81. The number of benzene rings is 3. The molecule has 3 aromatic carbocycles. The molecule has 1 amide bonds. The topological polar surface area (TPSA) is 60.8 Å². The van der Waals surface area contributed by atoms with Crippen molar-refractivity contribution in [3.8, 4) is 11.5 Å². The predicted octanol–water partition coefficient (Wildman–Crippen LogP) is 4.90. The van der Waals surface area contributed by atoms with Gasteiger partial charge >= 0.3 is 0 Å². The first kappa shape index (κ1) is 19.1. The number of carbonyl (C=O) groups is 1. The highest BCUT2D eigenvalue weighted by Gasteiger charge is 2.26. The summed E-state index contributed by atoms with van der Waals surface area (Å²) in [6, 6.07) is 22.0. The van der Waals surface area contributed by atoms with Crippen molar-refractivity contribution in [1.82, 2.24) is 4.90 Å². The van der Waals surface area contributed by atoms with Gasteiger partial charge in [-0.3, -0.25) is 4.79 Å². The second-order valence-corrected chi connectivity index (χ2v) is 7.56. The molecule has 0 aliphatic carbocycles. The molecule has 0 unspecified atom stereocenters. The van der Waals surface area contributed by atoms with Gasteiger partial charge in [-0.15, -0.1) is 0 Å². The summed E-state index contributed by atoms with van der Waals surface area (Å²) in [5.41, 5.74) is 3.60. The second kappa shape index (κ2) is 8.39. The number of hydrogen-bond donors (Lipinski definition) is 2. The fourth-order valence-electron chi connectivity index (χ4n) is 4.10. The summed E-state index contributed by atoms with van der Waals surface area (Å²) in [7, 11) is 0. The Kier molecular flexibility index (Phi) is 5.52. The highest BCUT2D eigenvalue weighted by molar-refractivity contribution is 5.96. The maximum Gasteiger partial charge on any atom is 0.254 e. The Morgan fingerprint density at radius 1 is 0.724 bits per heavy atom. The zero-order chi connectivity index (χ0) is 20.2. The van der Waals surface area contributed by atoms with Crippen LogP contribution in [0.15, 0.2) is 72.8 Å². The second-order valence-electron chi connectivity index (χ2n) is 7.56. The Hall–Kier alpha value is -3.27. The van der Waals surface area contributed by atoms with Gasteiger partial charge in [0.2, 0.25) is 0 Å². The summed E-state index contributed by atoms with van der Waals surface area (Å²) in [5, 5.41) is 19.5. The molecule has 3 aromatic rings. The number of phenolic OH excluding ortho intramolecular Hbond substituents is 2. The van der Waals surface area contributed by atoms with Gasteiger partial charge in [0.1, 0.15) is 11.5 Å². The normalized spacial score (nSPS) is 14.2. The molecular formula is C25H25NO3. The van der Waals surface area contributed by atoms with E-state index in [9.17, 15) is 15.0 Å². The Bertz CT molecular complexity index is 928. The van der Waals surface area contributed by atoms with E-state index >= 15 is 0 Å². The maximum atomic E-state index is 13.3. The van der Waals surface area contributed by atoms with E-state index in [4.69, 9.17) is 0 Å². The average Bonchev–Trinajstić information content (AvgIpc) is 2.77. The molecule has 0 saturated carbocycles. The number of aromatic hydroxyl groups is 2. The number of rotatable bonds is 4. The number of hydrogen-bond acceptors (Lipinski definition) is 3. The fraction of sp³-hybridized carbons (Fsp3) is 0.240. The molecule has 4 rings (SSSR count). The van der Waals surface area contributed by atoms with E-state index in [0.29, 0.717) is 5.56 Å². The van der Waals surface area contributed by atoms with Crippen LogP contribution in [0.3, 0.4) is 0 Å². The van der Waals surface area contributed by atoms with Gasteiger partial charge in [0, 0.05) is 24.6 Å². The van der Waals surface area contributed by atoms with Crippen molar-refractivity contribution in [2.24, 2.45) is 0 Å². The van der Waals surface area contributed by atoms with Gasteiger partial charge in [-0.2, -0.15) is 0 Å². The SMILES string of the molecule is O=C(c1ccccc1C(c1ccc(O)cc1)c1ccc(O)cc1)N1CCCCC1. The zero-order valence-corrected chi connectivity index (χ0v) is 16.3. The maximum absolute atomic E-state index is 13.3. The molecular weight excluding hydrogens is 362 g/mol. The van der Waals surface area contributed by atoms with Crippen LogP contribution in [0.25, 0.3) is 0 Å². The molecule has 29 heavy (non-hydrogen) atoms. The lowest BCUT2D eigenvalue weighted by Gasteiger charge is -2.29. The lowest BCUT2D eigenvalue weighted by molar-refractivity contribution is 0.0723. The average molecular weight is 387 g/mol. The summed E-state index contributed by atoms with van der Waals surface area (Å²) in [6.07, 6.45) is 3.27. The summed E-state index contributed by atoms with van der Waals surface area (Å²) < 4.78 is 0. The highest BCUT2D eigenvalue weighted by Crippen LogP contribution is 2.36. The Labute approximate surface area is 171 Å². The predicted molar refractivity (Wildman–Crippen MR) is 113 cm³/mol. The molecule has 0 bridgehead atoms. The molecule has 0 atom stereocenters. The quantitative estimate of drug-likeness (QED) is 0.626. The summed E-state index contributed by atoms with van der Waals surface area (Å²) in [4.78, 5) is 15.3. The van der Waals surface area contributed by atoms with Crippen LogP contribution in [0.4, 0.5) is 0 Å². The first-order chi connectivity index (χ1) is 14.1. The van der Waals surface area contributed by atoms with E-state index in [2.05, 4.69) is 0 Å². The number of piperidine rings is 1. The molecule has 0 aromatic heterocycles. The van der Waals surface area contributed by atoms with Gasteiger partial charge in [0.05, 0.1) is 0 Å². The lowest BCUT2D eigenvalue weighted by Crippen LogP contribution is -2.36. The third-order valence-electron chi connectivity index (χ3n) is 5.60. The molecule has 4 nitrogen and oxygen atoms in total. The van der Waals surface area contributed by atoms with Gasteiger partial charge in [-0.1, -0.05) is 42.5 Å². The molecule has 1 aliphatic heterocycles. The number of carbonyl (C=O) groups excluding carboxylic acids is 1. The fourth-order valence-corrected chi connectivity index (χ4v) is 4.10. The van der Waals surface area contributed by atoms with Crippen LogP contribution in [0, 0.1) is 0 Å². The van der Waals surface area contributed by atoms with Crippen LogP contribution in [-0.2, 0) is 0 Å². The molecule has 1 fully saturated rings. The van der Waals surface area contributed by atoms with Crippen molar-refractivity contribution in [2.75, 3.05) is 13.1 Å². The molecule has 4 heteroatoms. The number of nitrogens with zero attached hydrogens (tertiary/aromatic N) is 1. The summed E-state index contributed by atoms with van der Waals surface area (Å²) in [6.45, 7) is 1.60. The van der Waals surface area contributed by atoms with Crippen LogP contribution < -0.4 is 0 Å². The molecule has 0 radical (unpaired) electrons. The van der Waals surface area contributed by atoms with Crippen molar-refractivity contribution in [3.63, 3.8) is 0 Å². The number of amides is 1. The van der Waals surface area contributed by atoms with Crippen LogP contribution in [0.2, 0.25) is 0 Å². The minimum Gasteiger partial charge on any atom is -0.508 e. The molecule has 0 spiro atoms. The van der Waals surface area contributed by atoms with Crippen molar-refractivity contribution in [3.05, 3.63) is 95.1 Å². The van der Waals surface area contributed by atoms with Gasteiger partial charge in [0.25, 0.3) is 5.91 Å². The first-order valence-corrected chi connectivity index (χ1v) is 10.1. The third-order valence-corrected chi connectivity index (χ3v) is 5.60. The molecule has 1 aliphatic rings. The zero-order valence-electron chi connectivity index (χ0n) is 16.3. The molecule has 1 heterocycles. The Morgan fingerprint density at radius 3 is 1.79 bits per heavy atom. The van der Waals surface area contributed by atoms with Crippen molar-refractivity contribution >= 4 is 5.91 Å². The van der Waals surface area contributed by atoms with Gasteiger partial charge < -0.3 is 15.1 Å². The van der Waals surface area contributed by atoms with Crippen LogP contribution >= 0.6 is 0 Å². The summed E-state index contributed by atoms with van der Waals surface area (Å²) in [5.74, 6) is 0.302. The lowest BCUT2D eigenvalue weighted by atomic mass is 9.82. The van der Waals surface area contributed by atoms with E-state index in [1.807, 2.05) is 53.4 Å². The van der Waals surface area contributed by atoms with Crippen molar-refractivity contribution in [1.29, 1.82) is 0 Å². The van der Waals surface area contributed by atoms with Crippen molar-refractivity contribution in [2.45, 2.75) is 25.2 Å². The van der Waals surface area contributed by atoms with E-state index < -0.39 is 0 Å². The van der Waals surface area contributed by atoms with Crippen molar-refractivity contribution < 1.29 is 15.0 Å². The van der Waals surface area contributed by atoms with E-state index in [1.54, 1.807) is 24.3 Å². The molecule has 2 N–H and O–H groups in total. The minimum absolute atomic E-state index is 0.0721. The summed E-state index contributed by atoms with van der Waals surface area (Å²) >= 11 is 0. The van der Waals surface area contributed by atoms with Crippen LogP contribution in [0.5, 0.6) is 11.5 Å². The van der Waals surface area contributed by atoms with E-state index in [1.165, 1.54) is 6.42 Å². The minimum atomic E-state index is -0.179. The number of phenols is 2. The smallest absolute Gasteiger partial charge is 0.254 e. The van der Waals surface area contributed by atoms with Gasteiger partial charge in [0.15, 0.2) is 0 Å². The van der Waals surface area contributed by atoms with Gasteiger partial charge in [-0.25, -0.2) is 0 Å². The van der Waals surface area contributed by atoms with E-state index in [0.717, 1.165) is 42.6 Å². The standard InChI is InChI=1S/C25H25NO3/c27-20-12-8-18(9-13-20)24(19-10-14-21(28)15-11-19)22-6-2-3-7-23(22)25(29)26-16-4-1-5-17-26/h2-3,6-15,24,27-28H,1,4-5,16-17H2. The first-order valence-electron chi connectivity index (χ1n) is 10.1.